The molecule has 0 N–H and O–H groups in total. The topological polar surface area (TPSA) is 43.4 Å². The third-order valence-electron chi connectivity index (χ3n) is 2.08. The molecule has 0 aliphatic rings. The first-order valence-electron chi connectivity index (χ1n) is 4.87. The van der Waals surface area contributed by atoms with Crippen molar-refractivity contribution in [3.8, 4) is 0 Å². The van der Waals surface area contributed by atoms with E-state index in [1.165, 1.54) is 23.3 Å². The molecule has 0 aliphatic heterocycles. The Morgan fingerprint density at radius 3 is 2.87 bits per heavy atom. The quantitative estimate of drug-likeness (QED) is 0.425. The standard InChI is InChI=1S/C11H14O3S/c1-14-11(13)5-3-2-4-9-6-7-10(8-12)15-9/h6-8H,2-5H2,1H3. The number of carbonyl (C=O) groups is 2. The molecule has 0 aromatic carbocycles. The number of hydrogen-bond donors (Lipinski definition) is 0. The van der Waals surface area contributed by atoms with Gasteiger partial charge in [-0.1, -0.05) is 0 Å². The first-order valence-corrected chi connectivity index (χ1v) is 5.68. The second-order valence-electron chi connectivity index (χ2n) is 3.21. The van der Waals surface area contributed by atoms with Crippen LogP contribution in [-0.2, 0) is 16.0 Å². The average Bonchev–Trinajstić information content (AvgIpc) is 2.72. The van der Waals surface area contributed by atoms with E-state index < -0.39 is 0 Å². The summed E-state index contributed by atoms with van der Waals surface area (Å²) in [6.45, 7) is 0. The number of ether oxygens (including phenoxy) is 1. The molecule has 0 unspecified atom stereocenters. The Hall–Kier alpha value is -1.16. The van der Waals surface area contributed by atoms with Crippen LogP contribution in [0.15, 0.2) is 12.1 Å². The molecule has 0 radical (unpaired) electrons. The molecular formula is C11H14O3S. The third-order valence-corrected chi connectivity index (χ3v) is 3.15. The predicted molar refractivity (Wildman–Crippen MR) is 59.3 cm³/mol. The summed E-state index contributed by atoms with van der Waals surface area (Å²) >= 11 is 1.51. The SMILES string of the molecule is COC(=O)CCCCc1ccc(C=O)s1. The predicted octanol–water partition coefficient (Wildman–Crippen LogP) is 2.45. The highest BCUT2D eigenvalue weighted by Gasteiger charge is 2.02. The number of carbonyl (C=O) groups excluding carboxylic acids is 2. The van der Waals surface area contributed by atoms with E-state index in [2.05, 4.69) is 4.74 Å². The maximum atomic E-state index is 10.8. The lowest BCUT2D eigenvalue weighted by Crippen LogP contribution is -1.99. The van der Waals surface area contributed by atoms with Crippen molar-refractivity contribution in [1.82, 2.24) is 0 Å². The molecule has 3 nitrogen and oxygen atoms in total. The molecule has 0 fully saturated rings. The highest BCUT2D eigenvalue weighted by Crippen LogP contribution is 2.17. The van der Waals surface area contributed by atoms with Crippen molar-refractivity contribution in [2.75, 3.05) is 7.11 Å². The van der Waals surface area contributed by atoms with Gasteiger partial charge in [0.15, 0.2) is 6.29 Å². The Labute approximate surface area is 93.1 Å². The number of esters is 1. The molecule has 1 rings (SSSR count). The molecule has 1 aromatic rings. The van der Waals surface area contributed by atoms with Gasteiger partial charge < -0.3 is 4.74 Å². The van der Waals surface area contributed by atoms with Crippen LogP contribution in [0.2, 0.25) is 0 Å². The minimum Gasteiger partial charge on any atom is -0.469 e. The van der Waals surface area contributed by atoms with E-state index >= 15 is 0 Å². The van der Waals surface area contributed by atoms with Gasteiger partial charge in [0, 0.05) is 11.3 Å². The monoisotopic (exact) mass is 226 g/mol. The van der Waals surface area contributed by atoms with Crippen LogP contribution in [0.5, 0.6) is 0 Å². The minimum atomic E-state index is -0.158. The van der Waals surface area contributed by atoms with Crippen molar-refractivity contribution >= 4 is 23.6 Å². The summed E-state index contributed by atoms with van der Waals surface area (Å²) in [5.74, 6) is -0.158. The molecule has 82 valence electrons. The van der Waals surface area contributed by atoms with Crippen molar-refractivity contribution in [2.24, 2.45) is 0 Å². The molecule has 0 atom stereocenters. The number of methoxy groups -OCH3 is 1. The second kappa shape index (κ2) is 6.35. The summed E-state index contributed by atoms with van der Waals surface area (Å²) in [6, 6.07) is 3.79. The lowest BCUT2D eigenvalue weighted by atomic mass is 10.2. The third kappa shape index (κ3) is 4.25. The summed E-state index contributed by atoms with van der Waals surface area (Å²) in [7, 11) is 1.40. The van der Waals surface area contributed by atoms with Crippen LogP contribution >= 0.6 is 11.3 Å². The van der Waals surface area contributed by atoms with Gasteiger partial charge in [-0.05, 0) is 31.4 Å². The number of rotatable bonds is 6. The Balaban J connectivity index is 2.20. The van der Waals surface area contributed by atoms with Gasteiger partial charge in [-0.25, -0.2) is 0 Å². The van der Waals surface area contributed by atoms with Crippen molar-refractivity contribution in [3.63, 3.8) is 0 Å². The molecule has 0 aliphatic carbocycles. The van der Waals surface area contributed by atoms with E-state index in [1.54, 1.807) is 0 Å². The van der Waals surface area contributed by atoms with Crippen molar-refractivity contribution in [2.45, 2.75) is 25.7 Å². The maximum Gasteiger partial charge on any atom is 0.305 e. The van der Waals surface area contributed by atoms with Gasteiger partial charge in [0.05, 0.1) is 12.0 Å². The highest BCUT2D eigenvalue weighted by atomic mass is 32.1. The molecule has 1 aromatic heterocycles. The first-order chi connectivity index (χ1) is 7.26. The van der Waals surface area contributed by atoms with E-state index in [0.29, 0.717) is 6.42 Å². The number of aryl methyl sites for hydroxylation is 1. The van der Waals surface area contributed by atoms with E-state index in [0.717, 1.165) is 30.4 Å². The zero-order chi connectivity index (χ0) is 11.1. The van der Waals surface area contributed by atoms with Crippen molar-refractivity contribution < 1.29 is 14.3 Å². The van der Waals surface area contributed by atoms with Gasteiger partial charge >= 0.3 is 5.97 Å². The molecule has 0 spiro atoms. The lowest BCUT2D eigenvalue weighted by Gasteiger charge is -1.98. The fraction of sp³-hybridized carbons (Fsp3) is 0.455. The molecule has 4 heteroatoms. The summed E-state index contributed by atoms with van der Waals surface area (Å²) in [5.41, 5.74) is 0. The maximum absolute atomic E-state index is 10.8. The average molecular weight is 226 g/mol. The van der Waals surface area contributed by atoms with Crippen LogP contribution < -0.4 is 0 Å². The van der Waals surface area contributed by atoms with Crippen molar-refractivity contribution in [1.29, 1.82) is 0 Å². The summed E-state index contributed by atoms with van der Waals surface area (Å²) in [4.78, 5) is 23.2. The fourth-order valence-electron chi connectivity index (χ4n) is 1.26. The Kier molecular flexibility index (Phi) is 5.04. The number of thiophene rings is 1. The molecular weight excluding hydrogens is 212 g/mol. The smallest absolute Gasteiger partial charge is 0.305 e. The fourth-order valence-corrected chi connectivity index (χ4v) is 2.13. The van der Waals surface area contributed by atoms with Gasteiger partial charge in [0.2, 0.25) is 0 Å². The second-order valence-corrected chi connectivity index (χ2v) is 4.41. The van der Waals surface area contributed by atoms with Crippen LogP contribution in [0.1, 0.15) is 33.8 Å². The van der Waals surface area contributed by atoms with E-state index in [-0.39, 0.29) is 5.97 Å². The molecule has 0 saturated heterocycles. The van der Waals surface area contributed by atoms with Gasteiger partial charge in [0.25, 0.3) is 0 Å². The lowest BCUT2D eigenvalue weighted by molar-refractivity contribution is -0.140. The number of unbranched alkanes of at least 4 members (excludes halogenated alkanes) is 1. The van der Waals surface area contributed by atoms with E-state index in [9.17, 15) is 9.59 Å². The van der Waals surface area contributed by atoms with Gasteiger partial charge in [-0.3, -0.25) is 9.59 Å². The van der Waals surface area contributed by atoms with Gasteiger partial charge in [-0.2, -0.15) is 0 Å². The summed E-state index contributed by atoms with van der Waals surface area (Å²) in [5, 5.41) is 0. The molecule has 0 saturated carbocycles. The van der Waals surface area contributed by atoms with Crippen LogP contribution in [-0.4, -0.2) is 19.4 Å². The molecule has 0 bridgehead atoms. The summed E-state index contributed by atoms with van der Waals surface area (Å²) in [6.07, 6.45) is 4.05. The highest BCUT2D eigenvalue weighted by molar-refractivity contribution is 7.13. The van der Waals surface area contributed by atoms with Crippen molar-refractivity contribution in [3.05, 3.63) is 21.9 Å². The molecule has 0 amide bonds. The van der Waals surface area contributed by atoms with Crippen LogP contribution in [0.3, 0.4) is 0 Å². The normalized spacial score (nSPS) is 9.93. The Morgan fingerprint density at radius 2 is 2.27 bits per heavy atom. The first kappa shape index (κ1) is 11.9. The summed E-state index contributed by atoms with van der Waals surface area (Å²) < 4.78 is 4.54. The Morgan fingerprint density at radius 1 is 1.47 bits per heavy atom. The van der Waals surface area contributed by atoms with Crippen LogP contribution in [0.4, 0.5) is 0 Å². The zero-order valence-electron chi connectivity index (χ0n) is 8.69. The van der Waals surface area contributed by atoms with Crippen LogP contribution in [0.25, 0.3) is 0 Å². The molecule has 15 heavy (non-hydrogen) atoms. The van der Waals surface area contributed by atoms with Gasteiger partial charge in [0.1, 0.15) is 0 Å². The molecule has 1 heterocycles. The number of aldehydes is 1. The zero-order valence-corrected chi connectivity index (χ0v) is 9.51. The Bertz CT molecular complexity index is 330. The van der Waals surface area contributed by atoms with Crippen LogP contribution in [0, 0.1) is 0 Å². The van der Waals surface area contributed by atoms with E-state index in [4.69, 9.17) is 0 Å². The number of hydrogen-bond acceptors (Lipinski definition) is 4. The largest absolute Gasteiger partial charge is 0.469 e. The van der Waals surface area contributed by atoms with E-state index in [1.807, 2.05) is 12.1 Å². The minimum absolute atomic E-state index is 0.158. The van der Waals surface area contributed by atoms with Gasteiger partial charge in [-0.15, -0.1) is 11.3 Å².